The van der Waals surface area contributed by atoms with Gasteiger partial charge in [-0.25, -0.2) is 4.39 Å². The lowest BCUT2D eigenvalue weighted by Gasteiger charge is -2.27. The molecule has 0 atom stereocenters. The molecule has 0 unspecified atom stereocenters. The second-order valence-corrected chi connectivity index (χ2v) is 6.80. The Morgan fingerprint density at radius 1 is 1.07 bits per heavy atom. The van der Waals surface area contributed by atoms with Crippen LogP contribution in [0.25, 0.3) is 0 Å². The minimum Gasteiger partial charge on any atom is -0.378 e. The lowest BCUT2D eigenvalue weighted by Crippen LogP contribution is -2.41. The van der Waals surface area contributed by atoms with E-state index in [1.54, 1.807) is 17.0 Å². The Kier molecular flexibility index (Phi) is 6.76. The van der Waals surface area contributed by atoms with Gasteiger partial charge in [0.1, 0.15) is 5.82 Å². The summed E-state index contributed by atoms with van der Waals surface area (Å²) < 4.78 is 18.5. The number of amides is 2. The Morgan fingerprint density at radius 3 is 2.46 bits per heavy atom. The molecule has 0 aromatic heterocycles. The largest absolute Gasteiger partial charge is 0.378 e. The monoisotopic (exact) mass is 384 g/mol. The number of carbonyl (C=O) groups excluding carboxylic acids is 2. The molecule has 0 N–H and O–H groups in total. The van der Waals surface area contributed by atoms with Gasteiger partial charge in [0.05, 0.1) is 26.2 Å². The molecule has 0 saturated carbocycles. The second kappa shape index (κ2) is 9.46. The standard InChI is InChI=1S/C22H25FN2O3/c1-2-21(26)25(16-17-6-8-19(23)9-7-17)20-5-3-4-18(14-20)15-22(27)24-10-12-28-13-11-24/h3-9,14H,2,10-13,15-16H2,1H3. The third-order valence-corrected chi connectivity index (χ3v) is 4.80. The molecule has 28 heavy (non-hydrogen) atoms. The summed E-state index contributed by atoms with van der Waals surface area (Å²) in [6.45, 7) is 4.54. The van der Waals surface area contributed by atoms with E-state index in [2.05, 4.69) is 0 Å². The van der Waals surface area contributed by atoms with Crippen molar-refractivity contribution in [2.75, 3.05) is 31.2 Å². The summed E-state index contributed by atoms with van der Waals surface area (Å²) in [5, 5.41) is 0. The van der Waals surface area contributed by atoms with Crippen molar-refractivity contribution in [3.8, 4) is 0 Å². The van der Waals surface area contributed by atoms with Gasteiger partial charge < -0.3 is 14.5 Å². The fourth-order valence-electron chi connectivity index (χ4n) is 3.22. The predicted octanol–water partition coefficient (Wildman–Crippen LogP) is 3.17. The summed E-state index contributed by atoms with van der Waals surface area (Å²) in [6, 6.07) is 13.6. The molecule has 1 saturated heterocycles. The minimum absolute atomic E-state index is 0.0269. The number of benzene rings is 2. The smallest absolute Gasteiger partial charge is 0.227 e. The summed E-state index contributed by atoms with van der Waals surface area (Å²) >= 11 is 0. The number of morpholine rings is 1. The first-order valence-electron chi connectivity index (χ1n) is 9.56. The molecule has 0 aliphatic carbocycles. The van der Waals surface area contributed by atoms with Crippen LogP contribution >= 0.6 is 0 Å². The summed E-state index contributed by atoms with van der Waals surface area (Å²) in [6.07, 6.45) is 0.649. The fraction of sp³-hybridized carbons (Fsp3) is 0.364. The molecule has 0 spiro atoms. The number of nitrogens with zero attached hydrogens (tertiary/aromatic N) is 2. The topological polar surface area (TPSA) is 49.9 Å². The van der Waals surface area contributed by atoms with Crippen molar-refractivity contribution in [1.82, 2.24) is 4.90 Å². The molecular formula is C22H25FN2O3. The number of halogens is 1. The molecule has 2 aromatic carbocycles. The van der Waals surface area contributed by atoms with E-state index in [-0.39, 0.29) is 17.6 Å². The summed E-state index contributed by atoms with van der Waals surface area (Å²) in [5.74, 6) is -0.269. The first-order chi connectivity index (χ1) is 13.6. The van der Waals surface area contributed by atoms with Gasteiger partial charge >= 0.3 is 0 Å². The van der Waals surface area contributed by atoms with Crippen molar-refractivity contribution >= 4 is 17.5 Å². The second-order valence-electron chi connectivity index (χ2n) is 6.80. The highest BCUT2D eigenvalue weighted by Gasteiger charge is 2.19. The number of anilines is 1. The number of carbonyl (C=O) groups is 2. The first kappa shape index (κ1) is 20.0. The highest BCUT2D eigenvalue weighted by molar-refractivity contribution is 5.93. The van der Waals surface area contributed by atoms with Crippen LogP contribution in [0.4, 0.5) is 10.1 Å². The highest BCUT2D eigenvalue weighted by atomic mass is 19.1. The van der Waals surface area contributed by atoms with Gasteiger partial charge in [0.15, 0.2) is 0 Å². The van der Waals surface area contributed by atoms with Gasteiger partial charge in [0, 0.05) is 25.2 Å². The average Bonchev–Trinajstić information content (AvgIpc) is 2.73. The molecule has 0 bridgehead atoms. The Labute approximate surface area is 164 Å². The van der Waals surface area contributed by atoms with Crippen molar-refractivity contribution in [2.45, 2.75) is 26.3 Å². The van der Waals surface area contributed by atoms with Crippen molar-refractivity contribution in [3.05, 3.63) is 65.5 Å². The van der Waals surface area contributed by atoms with Crippen LogP contribution in [0.5, 0.6) is 0 Å². The molecule has 3 rings (SSSR count). The number of ether oxygens (including phenoxy) is 1. The van der Waals surface area contributed by atoms with Crippen LogP contribution in [0.3, 0.4) is 0 Å². The fourth-order valence-corrected chi connectivity index (χ4v) is 3.22. The van der Waals surface area contributed by atoms with Gasteiger partial charge in [0.25, 0.3) is 0 Å². The normalized spacial score (nSPS) is 14.0. The van der Waals surface area contributed by atoms with E-state index in [0.717, 1.165) is 16.8 Å². The van der Waals surface area contributed by atoms with Crippen molar-refractivity contribution in [2.24, 2.45) is 0 Å². The van der Waals surface area contributed by atoms with Crippen LogP contribution in [-0.4, -0.2) is 43.0 Å². The van der Waals surface area contributed by atoms with Crippen molar-refractivity contribution in [1.29, 1.82) is 0 Å². The third kappa shape index (κ3) is 5.16. The number of hydrogen-bond acceptors (Lipinski definition) is 3. The molecule has 2 amide bonds. The maximum atomic E-state index is 13.2. The van der Waals surface area contributed by atoms with E-state index in [1.165, 1.54) is 12.1 Å². The summed E-state index contributed by atoms with van der Waals surface area (Å²) in [5.41, 5.74) is 2.45. The lowest BCUT2D eigenvalue weighted by atomic mass is 10.1. The molecule has 148 valence electrons. The van der Waals surface area contributed by atoms with Crippen LogP contribution in [-0.2, 0) is 27.3 Å². The van der Waals surface area contributed by atoms with Crippen molar-refractivity contribution in [3.63, 3.8) is 0 Å². The Hall–Kier alpha value is -2.73. The predicted molar refractivity (Wildman–Crippen MR) is 105 cm³/mol. The number of hydrogen-bond donors (Lipinski definition) is 0. The van der Waals surface area contributed by atoms with E-state index in [1.807, 2.05) is 36.1 Å². The Bertz CT molecular complexity index is 817. The maximum Gasteiger partial charge on any atom is 0.227 e. The zero-order chi connectivity index (χ0) is 19.9. The van der Waals surface area contributed by atoms with E-state index in [9.17, 15) is 14.0 Å². The Balaban J connectivity index is 1.76. The number of rotatable bonds is 6. The summed E-state index contributed by atoms with van der Waals surface area (Å²) in [4.78, 5) is 28.5. The van der Waals surface area contributed by atoms with Crippen molar-refractivity contribution < 1.29 is 18.7 Å². The maximum absolute atomic E-state index is 13.2. The molecule has 1 fully saturated rings. The van der Waals surface area contributed by atoms with Gasteiger partial charge in [-0.1, -0.05) is 31.2 Å². The Morgan fingerprint density at radius 2 is 1.79 bits per heavy atom. The van der Waals surface area contributed by atoms with E-state index >= 15 is 0 Å². The molecule has 2 aromatic rings. The molecule has 5 nitrogen and oxygen atoms in total. The molecule has 1 aliphatic rings. The van der Waals surface area contributed by atoms with Crippen LogP contribution < -0.4 is 4.90 Å². The van der Waals surface area contributed by atoms with Crippen LogP contribution in [0.2, 0.25) is 0 Å². The molecule has 6 heteroatoms. The zero-order valence-corrected chi connectivity index (χ0v) is 16.1. The quantitative estimate of drug-likeness (QED) is 0.769. The van der Waals surface area contributed by atoms with Crippen LogP contribution in [0.15, 0.2) is 48.5 Å². The first-order valence-corrected chi connectivity index (χ1v) is 9.56. The lowest BCUT2D eigenvalue weighted by molar-refractivity contribution is -0.134. The van der Waals surface area contributed by atoms with Gasteiger partial charge in [-0.2, -0.15) is 0 Å². The molecular weight excluding hydrogens is 359 g/mol. The average molecular weight is 384 g/mol. The summed E-state index contributed by atoms with van der Waals surface area (Å²) in [7, 11) is 0. The third-order valence-electron chi connectivity index (χ3n) is 4.80. The van der Waals surface area contributed by atoms with Gasteiger partial charge in [-0.05, 0) is 35.4 Å². The molecule has 1 heterocycles. The minimum atomic E-state index is -0.305. The van der Waals surface area contributed by atoms with Gasteiger partial charge in [0.2, 0.25) is 11.8 Å². The van der Waals surface area contributed by atoms with Gasteiger partial charge in [-0.3, -0.25) is 9.59 Å². The van der Waals surface area contributed by atoms with E-state index < -0.39 is 0 Å². The van der Waals surface area contributed by atoms with Crippen LogP contribution in [0, 0.1) is 5.82 Å². The van der Waals surface area contributed by atoms with E-state index in [4.69, 9.17) is 4.74 Å². The molecule has 1 aliphatic heterocycles. The molecule has 0 radical (unpaired) electrons. The zero-order valence-electron chi connectivity index (χ0n) is 16.1. The van der Waals surface area contributed by atoms with Crippen LogP contribution in [0.1, 0.15) is 24.5 Å². The highest BCUT2D eigenvalue weighted by Crippen LogP contribution is 2.21. The van der Waals surface area contributed by atoms with Gasteiger partial charge in [-0.15, -0.1) is 0 Å². The van der Waals surface area contributed by atoms with E-state index in [0.29, 0.717) is 45.7 Å². The SMILES string of the molecule is CCC(=O)N(Cc1ccc(F)cc1)c1cccc(CC(=O)N2CCOCC2)c1.